The molecule has 1 aliphatic carbocycles. The third-order valence-corrected chi connectivity index (χ3v) is 4.90. The van der Waals surface area contributed by atoms with Gasteiger partial charge in [0.05, 0.1) is 7.11 Å². The van der Waals surface area contributed by atoms with E-state index in [-0.39, 0.29) is 6.04 Å². The maximum atomic E-state index is 6.42. The lowest BCUT2D eigenvalue weighted by atomic mass is 9.74. The highest BCUT2D eigenvalue weighted by atomic mass is 32.1. The average Bonchev–Trinajstić information content (AvgIpc) is 2.75. The fraction of sp³-hybridized carbons (Fsp3) is 0.714. The Hall–Kier alpha value is -0.540. The van der Waals surface area contributed by atoms with Crippen molar-refractivity contribution >= 4 is 11.3 Å². The minimum Gasteiger partial charge on any atom is -0.496 e. The number of hydrogen-bond acceptors (Lipinski definition) is 3. The first-order chi connectivity index (χ1) is 8.10. The van der Waals surface area contributed by atoms with Gasteiger partial charge < -0.3 is 10.5 Å². The molecule has 0 amide bonds. The third-order valence-electron chi connectivity index (χ3n) is 3.88. The third kappa shape index (κ3) is 3.02. The van der Waals surface area contributed by atoms with E-state index in [1.54, 1.807) is 18.4 Å². The summed E-state index contributed by atoms with van der Waals surface area (Å²) in [5.41, 5.74) is 6.42. The minimum atomic E-state index is 0.189. The lowest BCUT2D eigenvalue weighted by molar-refractivity contribution is 0.194. The normalized spacial score (nSPS) is 31.2. The van der Waals surface area contributed by atoms with Crippen molar-refractivity contribution in [2.75, 3.05) is 7.11 Å². The maximum Gasteiger partial charge on any atom is 0.129 e. The van der Waals surface area contributed by atoms with E-state index in [2.05, 4.69) is 19.9 Å². The molecule has 96 valence electrons. The van der Waals surface area contributed by atoms with E-state index < -0.39 is 0 Å². The Morgan fingerprint density at radius 1 is 1.29 bits per heavy atom. The smallest absolute Gasteiger partial charge is 0.129 e. The molecule has 2 rings (SSSR count). The van der Waals surface area contributed by atoms with E-state index in [9.17, 15) is 0 Å². The van der Waals surface area contributed by atoms with Crippen LogP contribution in [-0.2, 0) is 0 Å². The van der Waals surface area contributed by atoms with Crippen molar-refractivity contribution in [2.24, 2.45) is 23.5 Å². The zero-order valence-corrected chi connectivity index (χ0v) is 11.8. The molecule has 0 aromatic carbocycles. The molecular weight excluding hydrogens is 230 g/mol. The number of methoxy groups -OCH3 is 1. The van der Waals surface area contributed by atoms with Gasteiger partial charge in [0.2, 0.25) is 0 Å². The lowest BCUT2D eigenvalue weighted by Crippen LogP contribution is -2.28. The van der Waals surface area contributed by atoms with Gasteiger partial charge in [-0.1, -0.05) is 13.8 Å². The van der Waals surface area contributed by atoms with E-state index in [0.29, 0.717) is 5.92 Å². The summed E-state index contributed by atoms with van der Waals surface area (Å²) in [7, 11) is 1.71. The van der Waals surface area contributed by atoms with Gasteiger partial charge in [-0.25, -0.2) is 0 Å². The first-order valence-corrected chi connectivity index (χ1v) is 7.36. The SMILES string of the molecule is COc1csc(C(N)C2CC(C)CC(C)C2)c1. The Bertz CT molecular complexity index is 353. The van der Waals surface area contributed by atoms with Crippen molar-refractivity contribution < 1.29 is 4.74 Å². The number of hydrogen-bond donors (Lipinski definition) is 1. The molecule has 2 N–H and O–H groups in total. The highest BCUT2D eigenvalue weighted by Crippen LogP contribution is 2.40. The molecule has 3 heteroatoms. The molecule has 0 aliphatic heterocycles. The van der Waals surface area contributed by atoms with E-state index in [0.717, 1.165) is 17.6 Å². The van der Waals surface area contributed by atoms with Gasteiger partial charge in [0.1, 0.15) is 5.75 Å². The van der Waals surface area contributed by atoms with E-state index in [1.165, 1.54) is 24.1 Å². The zero-order chi connectivity index (χ0) is 12.4. The molecule has 2 nitrogen and oxygen atoms in total. The molecule has 0 saturated heterocycles. The molecule has 3 unspecified atom stereocenters. The summed E-state index contributed by atoms with van der Waals surface area (Å²) in [5, 5.41) is 2.05. The molecule has 1 aromatic heterocycles. The van der Waals surface area contributed by atoms with Gasteiger partial charge >= 0.3 is 0 Å². The van der Waals surface area contributed by atoms with Crippen molar-refractivity contribution in [3.8, 4) is 5.75 Å². The van der Waals surface area contributed by atoms with Gasteiger partial charge in [0, 0.05) is 16.3 Å². The van der Waals surface area contributed by atoms with Crippen LogP contribution in [0, 0.1) is 17.8 Å². The van der Waals surface area contributed by atoms with Gasteiger partial charge in [-0.3, -0.25) is 0 Å². The van der Waals surface area contributed by atoms with Crippen LogP contribution >= 0.6 is 11.3 Å². The lowest BCUT2D eigenvalue weighted by Gasteiger charge is -2.34. The first kappa shape index (κ1) is 12.9. The Morgan fingerprint density at radius 3 is 2.47 bits per heavy atom. The number of rotatable bonds is 3. The summed E-state index contributed by atoms with van der Waals surface area (Å²) in [6, 6.07) is 2.29. The van der Waals surface area contributed by atoms with E-state index in [4.69, 9.17) is 10.5 Å². The summed E-state index contributed by atoms with van der Waals surface area (Å²) in [6.45, 7) is 4.70. The maximum absolute atomic E-state index is 6.42. The van der Waals surface area contributed by atoms with Crippen LogP contribution < -0.4 is 10.5 Å². The highest BCUT2D eigenvalue weighted by Gasteiger charge is 2.29. The van der Waals surface area contributed by atoms with Crippen LogP contribution in [0.15, 0.2) is 11.4 Å². The second-order valence-electron chi connectivity index (χ2n) is 5.59. The van der Waals surface area contributed by atoms with Crippen LogP contribution in [0.2, 0.25) is 0 Å². The van der Waals surface area contributed by atoms with Gasteiger partial charge in [-0.05, 0) is 43.1 Å². The first-order valence-electron chi connectivity index (χ1n) is 6.48. The monoisotopic (exact) mass is 253 g/mol. The predicted octanol–water partition coefficient (Wildman–Crippen LogP) is 3.83. The molecule has 1 saturated carbocycles. The van der Waals surface area contributed by atoms with Crippen LogP contribution in [0.1, 0.15) is 44.0 Å². The summed E-state index contributed by atoms with van der Waals surface area (Å²) in [5.74, 6) is 3.21. The van der Waals surface area contributed by atoms with Crippen molar-refractivity contribution in [1.29, 1.82) is 0 Å². The zero-order valence-electron chi connectivity index (χ0n) is 11.0. The number of ether oxygens (including phenoxy) is 1. The molecule has 0 radical (unpaired) electrons. The standard InChI is InChI=1S/C14H23NOS/c1-9-4-10(2)6-11(5-9)14(15)13-7-12(16-3)8-17-13/h7-11,14H,4-6,15H2,1-3H3. The van der Waals surface area contributed by atoms with Gasteiger partial charge in [0.25, 0.3) is 0 Å². The van der Waals surface area contributed by atoms with Crippen LogP contribution in [0.4, 0.5) is 0 Å². The van der Waals surface area contributed by atoms with E-state index in [1.807, 2.05) is 5.38 Å². The highest BCUT2D eigenvalue weighted by molar-refractivity contribution is 7.10. The van der Waals surface area contributed by atoms with Crippen molar-refractivity contribution in [1.82, 2.24) is 0 Å². The fourth-order valence-corrected chi connectivity index (χ4v) is 4.10. The molecule has 0 spiro atoms. The van der Waals surface area contributed by atoms with Crippen molar-refractivity contribution in [2.45, 2.75) is 39.2 Å². The summed E-state index contributed by atoms with van der Waals surface area (Å²) in [6.07, 6.45) is 3.90. The van der Waals surface area contributed by atoms with E-state index >= 15 is 0 Å². The molecule has 17 heavy (non-hydrogen) atoms. The Kier molecular flexibility index (Phi) is 4.10. The predicted molar refractivity (Wildman–Crippen MR) is 73.5 cm³/mol. The van der Waals surface area contributed by atoms with Gasteiger partial charge in [-0.15, -0.1) is 11.3 Å². The molecule has 1 aromatic rings. The molecule has 0 bridgehead atoms. The number of thiophene rings is 1. The second kappa shape index (κ2) is 5.40. The molecule has 1 fully saturated rings. The Labute approximate surface area is 108 Å². The summed E-state index contributed by atoms with van der Waals surface area (Å²) in [4.78, 5) is 1.27. The largest absolute Gasteiger partial charge is 0.496 e. The van der Waals surface area contributed by atoms with Gasteiger partial charge in [-0.2, -0.15) is 0 Å². The van der Waals surface area contributed by atoms with Crippen molar-refractivity contribution in [3.63, 3.8) is 0 Å². The fourth-order valence-electron chi connectivity index (χ4n) is 3.15. The number of nitrogens with two attached hydrogens (primary N) is 1. The van der Waals surface area contributed by atoms with Crippen molar-refractivity contribution in [3.05, 3.63) is 16.3 Å². The van der Waals surface area contributed by atoms with Gasteiger partial charge in [0.15, 0.2) is 0 Å². The molecule has 1 heterocycles. The summed E-state index contributed by atoms with van der Waals surface area (Å²) >= 11 is 1.73. The minimum absolute atomic E-state index is 0.189. The average molecular weight is 253 g/mol. The summed E-state index contributed by atoms with van der Waals surface area (Å²) < 4.78 is 5.23. The van der Waals surface area contributed by atoms with Crippen LogP contribution in [-0.4, -0.2) is 7.11 Å². The second-order valence-corrected chi connectivity index (χ2v) is 6.54. The van der Waals surface area contributed by atoms with Crippen LogP contribution in [0.25, 0.3) is 0 Å². The molecule has 1 aliphatic rings. The molecule has 3 atom stereocenters. The Morgan fingerprint density at radius 2 is 1.94 bits per heavy atom. The Balaban J connectivity index is 2.05. The van der Waals surface area contributed by atoms with Crippen LogP contribution in [0.5, 0.6) is 5.75 Å². The van der Waals surface area contributed by atoms with Crippen LogP contribution in [0.3, 0.4) is 0 Å². The molecular formula is C14H23NOS. The quantitative estimate of drug-likeness (QED) is 0.888. The topological polar surface area (TPSA) is 35.2 Å².